The summed E-state index contributed by atoms with van der Waals surface area (Å²) in [5.74, 6) is 2.02. The van der Waals surface area contributed by atoms with Gasteiger partial charge in [0.25, 0.3) is 5.95 Å². The molecule has 0 saturated carbocycles. The topological polar surface area (TPSA) is 104 Å². The summed E-state index contributed by atoms with van der Waals surface area (Å²) in [5.41, 5.74) is 4.12. The van der Waals surface area contributed by atoms with Gasteiger partial charge < -0.3 is 14.8 Å². The number of anilines is 1. The Bertz CT molecular complexity index is 1380. The normalized spacial score (nSPS) is 14.8. The molecule has 1 aliphatic heterocycles. The van der Waals surface area contributed by atoms with Crippen LogP contribution in [0.3, 0.4) is 0 Å². The summed E-state index contributed by atoms with van der Waals surface area (Å²) >= 11 is 0. The predicted molar refractivity (Wildman–Crippen MR) is 131 cm³/mol. The lowest BCUT2D eigenvalue weighted by molar-refractivity contribution is -0.116. The molecule has 2 aromatic heterocycles. The summed E-state index contributed by atoms with van der Waals surface area (Å²) in [4.78, 5) is 17.5. The van der Waals surface area contributed by atoms with E-state index in [0.29, 0.717) is 30.3 Å². The number of benzene rings is 2. The van der Waals surface area contributed by atoms with Crippen LogP contribution < -0.4 is 14.8 Å². The second-order valence-electron chi connectivity index (χ2n) is 8.32. The van der Waals surface area contributed by atoms with Gasteiger partial charge in [-0.2, -0.15) is 14.9 Å². The fourth-order valence-corrected chi connectivity index (χ4v) is 4.37. The lowest BCUT2D eigenvalue weighted by Gasteiger charge is -2.25. The van der Waals surface area contributed by atoms with Gasteiger partial charge in [-0.3, -0.25) is 4.79 Å². The maximum Gasteiger partial charge on any atom is 0.272 e. The zero-order chi connectivity index (χ0) is 24.4. The van der Waals surface area contributed by atoms with E-state index < -0.39 is 0 Å². The number of hydrogen-bond donors (Lipinski definition) is 1. The molecule has 0 bridgehead atoms. The third-order valence-corrected chi connectivity index (χ3v) is 5.96. The minimum Gasteiger partial charge on any atom is -0.497 e. The number of carbonyl (C=O) groups is 1. The first-order chi connectivity index (χ1) is 17.1. The molecular weight excluding hydrogens is 444 g/mol. The minimum absolute atomic E-state index is 0.106. The molecule has 9 heteroatoms. The van der Waals surface area contributed by atoms with Crippen molar-refractivity contribution < 1.29 is 14.3 Å². The third-order valence-electron chi connectivity index (χ3n) is 5.96. The van der Waals surface area contributed by atoms with Crippen LogP contribution in [0.15, 0.2) is 54.7 Å². The lowest BCUT2D eigenvalue weighted by atomic mass is 9.85. The SMILES string of the molecule is CCCOc1ccccc1[C@H]1CC(=O)Nc2c1c(C)nn2-c1nncc(-c2cccc(OC)c2)n1. The predicted octanol–water partition coefficient (Wildman–Crippen LogP) is 4.30. The first kappa shape index (κ1) is 22.5. The molecule has 5 rings (SSSR count). The first-order valence-corrected chi connectivity index (χ1v) is 11.5. The van der Waals surface area contributed by atoms with Crippen molar-refractivity contribution in [1.82, 2.24) is 25.0 Å². The van der Waals surface area contributed by atoms with E-state index in [4.69, 9.17) is 14.6 Å². The number of methoxy groups -OCH3 is 1. The van der Waals surface area contributed by atoms with Gasteiger partial charge >= 0.3 is 0 Å². The van der Waals surface area contributed by atoms with Crippen LogP contribution in [-0.4, -0.2) is 44.6 Å². The number of nitrogens with zero attached hydrogens (tertiary/aromatic N) is 5. The van der Waals surface area contributed by atoms with Crippen molar-refractivity contribution in [3.05, 3.63) is 71.5 Å². The van der Waals surface area contributed by atoms with E-state index in [0.717, 1.165) is 34.6 Å². The Kier molecular flexibility index (Phi) is 6.13. The van der Waals surface area contributed by atoms with Crippen molar-refractivity contribution in [1.29, 1.82) is 0 Å². The van der Waals surface area contributed by atoms with Crippen molar-refractivity contribution in [3.8, 4) is 28.7 Å². The molecular formula is C26H26N6O3. The Morgan fingerprint density at radius 3 is 2.86 bits per heavy atom. The molecule has 9 nitrogen and oxygen atoms in total. The molecule has 1 atom stereocenters. The summed E-state index contributed by atoms with van der Waals surface area (Å²) in [6.45, 7) is 4.60. The Morgan fingerprint density at radius 1 is 1.17 bits per heavy atom. The monoisotopic (exact) mass is 470 g/mol. The molecule has 2 aromatic carbocycles. The Balaban J connectivity index is 1.59. The van der Waals surface area contributed by atoms with Gasteiger partial charge in [-0.1, -0.05) is 37.3 Å². The van der Waals surface area contributed by atoms with Gasteiger partial charge in [-0.15, -0.1) is 5.10 Å². The van der Waals surface area contributed by atoms with E-state index in [-0.39, 0.29) is 17.8 Å². The number of rotatable bonds is 7. The van der Waals surface area contributed by atoms with Gasteiger partial charge in [-0.25, -0.2) is 4.98 Å². The van der Waals surface area contributed by atoms with Crippen molar-refractivity contribution in [2.75, 3.05) is 19.0 Å². The molecule has 0 unspecified atom stereocenters. The molecule has 4 aromatic rings. The molecule has 3 heterocycles. The van der Waals surface area contributed by atoms with Gasteiger partial charge in [-0.05, 0) is 31.5 Å². The highest BCUT2D eigenvalue weighted by atomic mass is 16.5. The quantitative estimate of drug-likeness (QED) is 0.429. The number of fused-ring (bicyclic) bond motifs is 1. The number of amides is 1. The largest absolute Gasteiger partial charge is 0.497 e. The molecule has 0 saturated heterocycles. The van der Waals surface area contributed by atoms with Gasteiger partial charge in [0.1, 0.15) is 17.3 Å². The number of para-hydroxylation sites is 1. The highest BCUT2D eigenvalue weighted by Crippen LogP contribution is 2.43. The second kappa shape index (κ2) is 9.54. The van der Waals surface area contributed by atoms with E-state index in [9.17, 15) is 4.79 Å². The number of aryl methyl sites for hydroxylation is 1. The molecule has 0 fully saturated rings. The van der Waals surface area contributed by atoms with Crippen LogP contribution in [0.4, 0.5) is 5.82 Å². The molecule has 0 aliphatic carbocycles. The third kappa shape index (κ3) is 4.32. The van der Waals surface area contributed by atoms with Crippen LogP contribution in [0.25, 0.3) is 17.2 Å². The number of aromatic nitrogens is 5. The van der Waals surface area contributed by atoms with Gasteiger partial charge in [0.2, 0.25) is 5.91 Å². The van der Waals surface area contributed by atoms with Gasteiger partial charge in [0.05, 0.1) is 31.3 Å². The Labute approximate surface area is 203 Å². The first-order valence-electron chi connectivity index (χ1n) is 11.5. The zero-order valence-corrected chi connectivity index (χ0v) is 19.9. The summed E-state index contributed by atoms with van der Waals surface area (Å²) in [6.07, 6.45) is 2.79. The number of nitrogens with one attached hydrogen (secondary N) is 1. The van der Waals surface area contributed by atoms with E-state index in [1.165, 1.54) is 0 Å². The molecule has 1 N–H and O–H groups in total. The molecule has 0 spiro atoms. The Morgan fingerprint density at radius 2 is 2.03 bits per heavy atom. The van der Waals surface area contributed by atoms with Crippen molar-refractivity contribution >= 4 is 11.7 Å². The van der Waals surface area contributed by atoms with Crippen LogP contribution in [0.5, 0.6) is 11.5 Å². The van der Waals surface area contributed by atoms with Crippen LogP contribution >= 0.6 is 0 Å². The lowest BCUT2D eigenvalue weighted by Crippen LogP contribution is -2.25. The fourth-order valence-electron chi connectivity index (χ4n) is 4.37. The molecule has 1 aliphatic rings. The molecule has 1 amide bonds. The smallest absolute Gasteiger partial charge is 0.272 e. The maximum absolute atomic E-state index is 12.8. The zero-order valence-electron chi connectivity index (χ0n) is 19.9. The summed E-state index contributed by atoms with van der Waals surface area (Å²) in [6, 6.07) is 15.4. The standard InChI is InChI=1S/C26H26N6O3/c1-4-12-35-22-11-6-5-10-19(22)20-14-23(33)29-25-24(20)16(2)31-32(25)26-28-21(15-27-30-26)17-8-7-9-18(13-17)34-3/h5-11,13,15,20H,4,12,14H2,1-3H3,(H,29,33)/t20-/m1/s1. The van der Waals surface area contributed by atoms with Crippen molar-refractivity contribution in [2.45, 2.75) is 32.6 Å². The number of hydrogen-bond acceptors (Lipinski definition) is 7. The molecule has 0 radical (unpaired) electrons. The van der Waals surface area contributed by atoms with E-state index in [1.807, 2.05) is 55.5 Å². The summed E-state index contributed by atoms with van der Waals surface area (Å²) in [5, 5.41) is 16.0. The van der Waals surface area contributed by atoms with Crippen LogP contribution in [0.1, 0.15) is 42.5 Å². The average molecular weight is 471 g/mol. The number of ether oxygens (including phenoxy) is 2. The van der Waals surface area contributed by atoms with E-state index in [2.05, 4.69) is 27.4 Å². The fraction of sp³-hybridized carbons (Fsp3) is 0.269. The van der Waals surface area contributed by atoms with E-state index >= 15 is 0 Å². The van der Waals surface area contributed by atoms with Crippen LogP contribution in [-0.2, 0) is 4.79 Å². The number of carbonyl (C=O) groups excluding carboxylic acids is 1. The highest BCUT2D eigenvalue weighted by molar-refractivity contribution is 5.95. The minimum atomic E-state index is -0.199. The summed E-state index contributed by atoms with van der Waals surface area (Å²) < 4.78 is 12.9. The average Bonchev–Trinajstić information content (AvgIpc) is 3.23. The van der Waals surface area contributed by atoms with Gasteiger partial charge in [0.15, 0.2) is 0 Å². The second-order valence-corrected chi connectivity index (χ2v) is 8.32. The maximum atomic E-state index is 12.8. The Hall–Kier alpha value is -4.27. The molecule has 178 valence electrons. The highest BCUT2D eigenvalue weighted by Gasteiger charge is 2.34. The van der Waals surface area contributed by atoms with Crippen LogP contribution in [0, 0.1) is 6.92 Å². The molecule has 35 heavy (non-hydrogen) atoms. The van der Waals surface area contributed by atoms with Gasteiger partial charge in [0, 0.05) is 29.0 Å². The summed E-state index contributed by atoms with van der Waals surface area (Å²) in [7, 11) is 1.62. The van der Waals surface area contributed by atoms with E-state index in [1.54, 1.807) is 18.0 Å². The van der Waals surface area contributed by atoms with Crippen molar-refractivity contribution in [2.24, 2.45) is 0 Å². The van der Waals surface area contributed by atoms with Crippen LogP contribution in [0.2, 0.25) is 0 Å². The van der Waals surface area contributed by atoms with Crippen molar-refractivity contribution in [3.63, 3.8) is 0 Å².